The van der Waals surface area contributed by atoms with Crippen LogP contribution in [0.2, 0.25) is 0 Å². The van der Waals surface area contributed by atoms with Crippen LogP contribution in [0.15, 0.2) is 22.9 Å². The van der Waals surface area contributed by atoms with E-state index in [1.807, 2.05) is 23.9 Å². The van der Waals surface area contributed by atoms with Gasteiger partial charge in [0.1, 0.15) is 11.5 Å². The van der Waals surface area contributed by atoms with Gasteiger partial charge in [-0.05, 0) is 32.4 Å². The molecule has 0 aliphatic carbocycles. The van der Waals surface area contributed by atoms with Crippen molar-refractivity contribution in [3.05, 3.63) is 35.5 Å². The normalized spacial score (nSPS) is 19.3. The van der Waals surface area contributed by atoms with Gasteiger partial charge >= 0.3 is 0 Å². The van der Waals surface area contributed by atoms with Gasteiger partial charge in [-0.3, -0.25) is 14.4 Å². The summed E-state index contributed by atoms with van der Waals surface area (Å²) in [6.07, 6.45) is 4.07. The predicted octanol–water partition coefficient (Wildman–Crippen LogP) is 1.38. The Bertz CT molecular complexity index is 648. The molecule has 118 valence electrons. The van der Waals surface area contributed by atoms with E-state index in [1.54, 1.807) is 13.1 Å². The smallest absolute Gasteiger partial charge is 0.271 e. The van der Waals surface area contributed by atoms with Crippen LogP contribution in [0.4, 0.5) is 0 Å². The molecule has 0 saturated carbocycles. The minimum atomic E-state index is -0.149. The fourth-order valence-electron chi connectivity index (χ4n) is 2.90. The van der Waals surface area contributed by atoms with E-state index in [1.165, 1.54) is 0 Å². The Morgan fingerprint density at radius 1 is 1.55 bits per heavy atom. The molecule has 3 heterocycles. The lowest BCUT2D eigenvalue weighted by Gasteiger charge is -2.32. The van der Waals surface area contributed by atoms with E-state index in [0.29, 0.717) is 11.7 Å². The van der Waals surface area contributed by atoms with Gasteiger partial charge in [-0.2, -0.15) is 5.10 Å². The SMILES string of the molecule is CNC(=O)c1ccn([C@H]2CCCN(Cc3cc(C)on3)C2)n1. The molecule has 2 aromatic heterocycles. The van der Waals surface area contributed by atoms with Crippen LogP contribution in [-0.2, 0) is 6.54 Å². The summed E-state index contributed by atoms with van der Waals surface area (Å²) in [5, 5.41) is 11.0. The Morgan fingerprint density at radius 3 is 3.14 bits per heavy atom. The third-order valence-corrected chi connectivity index (χ3v) is 3.99. The number of hydrogen-bond donors (Lipinski definition) is 1. The molecule has 0 radical (unpaired) electrons. The Hall–Kier alpha value is -2.15. The molecule has 0 bridgehead atoms. The average Bonchev–Trinajstić information content (AvgIpc) is 3.16. The van der Waals surface area contributed by atoms with Gasteiger partial charge in [-0.1, -0.05) is 5.16 Å². The molecule has 7 heteroatoms. The number of amides is 1. The van der Waals surface area contributed by atoms with Crippen LogP contribution in [0.3, 0.4) is 0 Å². The maximum Gasteiger partial charge on any atom is 0.271 e. The van der Waals surface area contributed by atoms with Gasteiger partial charge in [0.15, 0.2) is 0 Å². The molecule has 0 unspecified atom stereocenters. The van der Waals surface area contributed by atoms with Crippen molar-refractivity contribution in [1.29, 1.82) is 0 Å². The van der Waals surface area contributed by atoms with Crippen LogP contribution in [0.5, 0.6) is 0 Å². The Kier molecular flexibility index (Phi) is 4.24. The van der Waals surface area contributed by atoms with Crippen LogP contribution in [0, 0.1) is 6.92 Å². The first-order valence-electron chi connectivity index (χ1n) is 7.57. The minimum absolute atomic E-state index is 0.149. The highest BCUT2D eigenvalue weighted by molar-refractivity contribution is 5.91. The standard InChI is InChI=1S/C15H21N5O2/c1-11-8-12(18-22-11)9-19-6-3-4-13(10-19)20-7-5-14(17-20)15(21)16-2/h5,7-8,13H,3-4,6,9-10H2,1-2H3,(H,16,21)/t13-/m0/s1. The molecule has 0 spiro atoms. The maximum atomic E-state index is 11.6. The van der Waals surface area contributed by atoms with E-state index in [2.05, 4.69) is 20.5 Å². The third kappa shape index (κ3) is 3.19. The summed E-state index contributed by atoms with van der Waals surface area (Å²) in [7, 11) is 1.61. The van der Waals surface area contributed by atoms with Crippen molar-refractivity contribution in [1.82, 2.24) is 25.2 Å². The third-order valence-electron chi connectivity index (χ3n) is 3.99. The molecular formula is C15H21N5O2. The van der Waals surface area contributed by atoms with Crippen LogP contribution in [0.25, 0.3) is 0 Å². The summed E-state index contributed by atoms with van der Waals surface area (Å²) < 4.78 is 7.03. The molecule has 1 aliphatic heterocycles. The van der Waals surface area contributed by atoms with Crippen LogP contribution < -0.4 is 5.32 Å². The van der Waals surface area contributed by atoms with Crippen molar-refractivity contribution < 1.29 is 9.32 Å². The number of carbonyl (C=O) groups is 1. The van der Waals surface area contributed by atoms with E-state index in [0.717, 1.165) is 43.9 Å². The number of hydrogen-bond acceptors (Lipinski definition) is 5. The van der Waals surface area contributed by atoms with Crippen LogP contribution >= 0.6 is 0 Å². The summed E-state index contributed by atoms with van der Waals surface area (Å²) in [4.78, 5) is 14.0. The second-order valence-electron chi connectivity index (χ2n) is 5.72. The fourth-order valence-corrected chi connectivity index (χ4v) is 2.90. The summed E-state index contributed by atoms with van der Waals surface area (Å²) in [5.74, 6) is 0.690. The van der Waals surface area contributed by atoms with Crippen molar-refractivity contribution in [3.63, 3.8) is 0 Å². The molecule has 22 heavy (non-hydrogen) atoms. The van der Waals surface area contributed by atoms with Crippen LogP contribution in [-0.4, -0.2) is 45.9 Å². The molecule has 7 nitrogen and oxygen atoms in total. The Morgan fingerprint density at radius 2 is 2.41 bits per heavy atom. The van der Waals surface area contributed by atoms with Crippen molar-refractivity contribution in [2.75, 3.05) is 20.1 Å². The fraction of sp³-hybridized carbons (Fsp3) is 0.533. The largest absolute Gasteiger partial charge is 0.361 e. The van der Waals surface area contributed by atoms with Crippen molar-refractivity contribution in [2.45, 2.75) is 32.4 Å². The lowest BCUT2D eigenvalue weighted by Crippen LogP contribution is -2.36. The van der Waals surface area contributed by atoms with E-state index >= 15 is 0 Å². The van der Waals surface area contributed by atoms with Gasteiger partial charge in [0.25, 0.3) is 5.91 Å². The van der Waals surface area contributed by atoms with Crippen LogP contribution in [0.1, 0.15) is 40.8 Å². The minimum Gasteiger partial charge on any atom is -0.361 e. The van der Waals surface area contributed by atoms with E-state index in [4.69, 9.17) is 4.52 Å². The highest BCUT2D eigenvalue weighted by Crippen LogP contribution is 2.22. The Balaban J connectivity index is 1.65. The summed E-state index contributed by atoms with van der Waals surface area (Å²) >= 11 is 0. The molecular weight excluding hydrogens is 282 g/mol. The van der Waals surface area contributed by atoms with E-state index < -0.39 is 0 Å². The van der Waals surface area contributed by atoms with Crippen molar-refractivity contribution >= 4 is 5.91 Å². The van der Waals surface area contributed by atoms with Gasteiger partial charge in [0, 0.05) is 32.4 Å². The van der Waals surface area contributed by atoms with Gasteiger partial charge in [-0.15, -0.1) is 0 Å². The van der Waals surface area contributed by atoms with Gasteiger partial charge in [0.05, 0.1) is 11.7 Å². The van der Waals surface area contributed by atoms with Crippen molar-refractivity contribution in [3.8, 4) is 0 Å². The number of carbonyl (C=O) groups excluding carboxylic acids is 1. The molecule has 1 amide bonds. The topological polar surface area (TPSA) is 76.2 Å². The number of nitrogens with one attached hydrogen (secondary N) is 1. The second-order valence-corrected chi connectivity index (χ2v) is 5.72. The number of rotatable bonds is 4. The first kappa shape index (κ1) is 14.8. The molecule has 1 atom stereocenters. The van der Waals surface area contributed by atoms with E-state index in [9.17, 15) is 4.79 Å². The zero-order valence-corrected chi connectivity index (χ0v) is 13.0. The summed E-state index contributed by atoms with van der Waals surface area (Å²) in [6.45, 7) is 4.64. The van der Waals surface area contributed by atoms with Crippen molar-refractivity contribution in [2.24, 2.45) is 0 Å². The zero-order chi connectivity index (χ0) is 15.5. The van der Waals surface area contributed by atoms with Gasteiger partial charge in [-0.25, -0.2) is 0 Å². The molecule has 0 aromatic carbocycles. The lowest BCUT2D eigenvalue weighted by molar-refractivity contribution is 0.0955. The molecule has 3 rings (SSSR count). The highest BCUT2D eigenvalue weighted by atomic mass is 16.5. The second kappa shape index (κ2) is 6.31. The van der Waals surface area contributed by atoms with Gasteiger partial charge in [0.2, 0.25) is 0 Å². The number of likely N-dealkylation sites (tertiary alicyclic amines) is 1. The molecule has 1 N–H and O–H groups in total. The average molecular weight is 303 g/mol. The Labute approximate surface area is 129 Å². The number of piperidine rings is 1. The van der Waals surface area contributed by atoms with Gasteiger partial charge < -0.3 is 9.84 Å². The number of nitrogens with zero attached hydrogens (tertiary/aromatic N) is 4. The number of aryl methyl sites for hydroxylation is 1. The first-order chi connectivity index (χ1) is 10.7. The van der Waals surface area contributed by atoms with E-state index in [-0.39, 0.29) is 5.91 Å². The molecule has 2 aromatic rings. The molecule has 1 fully saturated rings. The zero-order valence-electron chi connectivity index (χ0n) is 13.0. The monoisotopic (exact) mass is 303 g/mol. The highest BCUT2D eigenvalue weighted by Gasteiger charge is 2.23. The lowest BCUT2D eigenvalue weighted by atomic mass is 10.1. The maximum absolute atomic E-state index is 11.6. The quantitative estimate of drug-likeness (QED) is 0.923. The molecule has 1 saturated heterocycles. The molecule has 1 aliphatic rings. The predicted molar refractivity (Wildman–Crippen MR) is 80.4 cm³/mol. The summed E-state index contributed by atoms with van der Waals surface area (Å²) in [6, 6.07) is 4.03. The number of aromatic nitrogens is 3. The first-order valence-corrected chi connectivity index (χ1v) is 7.57. The summed E-state index contributed by atoms with van der Waals surface area (Å²) in [5.41, 5.74) is 1.43.